The van der Waals surface area contributed by atoms with Crippen LogP contribution in [0, 0.1) is 0 Å². The molecule has 2 atom stereocenters. The first-order valence-corrected chi connectivity index (χ1v) is 7.45. The van der Waals surface area contributed by atoms with Crippen molar-refractivity contribution in [2.24, 2.45) is 0 Å². The Bertz CT molecular complexity index is 613. The first kappa shape index (κ1) is 16.0. The molecule has 0 aliphatic carbocycles. The van der Waals surface area contributed by atoms with E-state index in [2.05, 4.69) is 29.7 Å². The average molecular weight is 299 g/mol. The van der Waals surface area contributed by atoms with Gasteiger partial charge in [0.1, 0.15) is 11.8 Å². The summed E-state index contributed by atoms with van der Waals surface area (Å²) in [4.78, 5) is 12.3. The number of carbonyl (C=O) groups is 1. The standard InChI is InChI=1S/C18H22N2O2/c1-13(15-9-5-4-6-10-15)19-14(2)18(21)20-16-11-7-8-12-17(16)22-3/h4-14,19H,1-3H3,(H,20,21)/p+1/t13-,14-/m1/s1. The van der Waals surface area contributed by atoms with Crippen LogP contribution in [0.15, 0.2) is 54.6 Å². The van der Waals surface area contributed by atoms with E-state index in [1.807, 2.05) is 49.4 Å². The summed E-state index contributed by atoms with van der Waals surface area (Å²) < 4.78 is 5.25. The summed E-state index contributed by atoms with van der Waals surface area (Å²) in [5.41, 5.74) is 1.90. The molecule has 0 saturated heterocycles. The van der Waals surface area contributed by atoms with Gasteiger partial charge in [-0.25, -0.2) is 0 Å². The van der Waals surface area contributed by atoms with Gasteiger partial charge in [0.05, 0.1) is 12.8 Å². The zero-order valence-corrected chi connectivity index (χ0v) is 13.2. The molecule has 0 radical (unpaired) electrons. The van der Waals surface area contributed by atoms with Crippen molar-refractivity contribution in [2.75, 3.05) is 12.4 Å². The number of hydrogen-bond donors (Lipinski definition) is 2. The van der Waals surface area contributed by atoms with Gasteiger partial charge in [0.15, 0.2) is 6.04 Å². The van der Waals surface area contributed by atoms with Crippen molar-refractivity contribution in [3.63, 3.8) is 0 Å². The number of para-hydroxylation sites is 2. The molecule has 1 amide bonds. The molecule has 0 fully saturated rings. The summed E-state index contributed by atoms with van der Waals surface area (Å²) >= 11 is 0. The molecule has 0 aromatic heterocycles. The maximum absolute atomic E-state index is 12.3. The van der Waals surface area contributed by atoms with Gasteiger partial charge in [0, 0.05) is 5.56 Å². The summed E-state index contributed by atoms with van der Waals surface area (Å²) in [6.45, 7) is 4.01. The molecule has 2 aromatic carbocycles. The third-order valence-corrected chi connectivity index (χ3v) is 3.68. The maximum atomic E-state index is 12.3. The van der Waals surface area contributed by atoms with Crippen molar-refractivity contribution >= 4 is 11.6 Å². The molecule has 2 rings (SSSR count). The van der Waals surface area contributed by atoms with E-state index in [9.17, 15) is 4.79 Å². The maximum Gasteiger partial charge on any atom is 0.282 e. The molecule has 0 spiro atoms. The normalized spacial score (nSPS) is 13.2. The lowest BCUT2D eigenvalue weighted by molar-refractivity contribution is -0.709. The van der Waals surface area contributed by atoms with Crippen LogP contribution in [-0.2, 0) is 4.79 Å². The molecular weight excluding hydrogens is 276 g/mol. The lowest BCUT2D eigenvalue weighted by atomic mass is 10.1. The molecule has 22 heavy (non-hydrogen) atoms. The Morgan fingerprint density at radius 2 is 1.68 bits per heavy atom. The number of hydrogen-bond acceptors (Lipinski definition) is 2. The highest BCUT2D eigenvalue weighted by Crippen LogP contribution is 2.22. The zero-order valence-electron chi connectivity index (χ0n) is 13.2. The number of nitrogens with one attached hydrogen (secondary N) is 1. The Labute approximate surface area is 131 Å². The topological polar surface area (TPSA) is 54.9 Å². The van der Waals surface area contributed by atoms with Gasteiger partial charge in [-0.2, -0.15) is 0 Å². The van der Waals surface area contributed by atoms with Gasteiger partial charge in [-0.05, 0) is 26.0 Å². The van der Waals surface area contributed by atoms with E-state index >= 15 is 0 Å². The van der Waals surface area contributed by atoms with Crippen LogP contribution < -0.4 is 15.4 Å². The van der Waals surface area contributed by atoms with E-state index in [0.29, 0.717) is 11.4 Å². The quantitative estimate of drug-likeness (QED) is 0.860. The molecule has 4 heteroatoms. The predicted molar refractivity (Wildman–Crippen MR) is 87.9 cm³/mol. The number of carbonyl (C=O) groups excluding carboxylic acids is 1. The highest BCUT2D eigenvalue weighted by Gasteiger charge is 2.21. The monoisotopic (exact) mass is 299 g/mol. The number of rotatable bonds is 6. The fraction of sp³-hybridized carbons (Fsp3) is 0.278. The van der Waals surface area contributed by atoms with Crippen LogP contribution in [0.4, 0.5) is 5.69 Å². The molecular formula is C18H23N2O2+. The Balaban J connectivity index is 1.97. The van der Waals surface area contributed by atoms with Gasteiger partial charge in [0.25, 0.3) is 5.91 Å². The molecule has 0 bridgehead atoms. The molecule has 0 aliphatic heterocycles. The number of benzene rings is 2. The number of amides is 1. The molecule has 0 unspecified atom stereocenters. The van der Waals surface area contributed by atoms with E-state index in [-0.39, 0.29) is 18.0 Å². The van der Waals surface area contributed by atoms with E-state index in [4.69, 9.17) is 4.74 Å². The lowest BCUT2D eigenvalue weighted by Gasteiger charge is -2.17. The van der Waals surface area contributed by atoms with E-state index < -0.39 is 0 Å². The van der Waals surface area contributed by atoms with Crippen molar-refractivity contribution in [2.45, 2.75) is 25.9 Å². The SMILES string of the molecule is COc1ccccc1NC(=O)[C@@H](C)[NH2+][C@H](C)c1ccccc1. The third kappa shape index (κ3) is 4.09. The smallest absolute Gasteiger partial charge is 0.282 e. The Morgan fingerprint density at radius 1 is 1.05 bits per heavy atom. The van der Waals surface area contributed by atoms with Crippen molar-refractivity contribution in [1.29, 1.82) is 0 Å². The minimum absolute atomic E-state index is 0.0349. The number of ether oxygens (including phenoxy) is 1. The van der Waals surface area contributed by atoms with Crippen LogP contribution in [0.25, 0.3) is 0 Å². The Kier molecular flexibility index (Phi) is 5.55. The van der Waals surface area contributed by atoms with Crippen LogP contribution in [0.3, 0.4) is 0 Å². The first-order valence-electron chi connectivity index (χ1n) is 7.45. The minimum atomic E-state index is -0.194. The second kappa shape index (κ2) is 7.61. The summed E-state index contributed by atoms with van der Waals surface area (Å²) in [5.74, 6) is 0.631. The minimum Gasteiger partial charge on any atom is -0.495 e. The zero-order chi connectivity index (χ0) is 15.9. The van der Waals surface area contributed by atoms with E-state index in [0.717, 1.165) is 0 Å². The molecule has 4 nitrogen and oxygen atoms in total. The summed E-state index contributed by atoms with van der Waals surface area (Å²) in [6, 6.07) is 17.6. The predicted octanol–water partition coefficient (Wildman–Crippen LogP) is 2.35. The van der Waals surface area contributed by atoms with Crippen LogP contribution in [0.1, 0.15) is 25.5 Å². The summed E-state index contributed by atoms with van der Waals surface area (Å²) in [6.07, 6.45) is 0. The molecule has 3 N–H and O–H groups in total. The van der Waals surface area contributed by atoms with Crippen LogP contribution in [0.5, 0.6) is 5.75 Å². The van der Waals surface area contributed by atoms with E-state index in [1.54, 1.807) is 7.11 Å². The first-order chi connectivity index (χ1) is 10.6. The van der Waals surface area contributed by atoms with Crippen LogP contribution in [0.2, 0.25) is 0 Å². The molecule has 0 heterocycles. The van der Waals surface area contributed by atoms with Gasteiger partial charge < -0.3 is 15.4 Å². The van der Waals surface area contributed by atoms with Gasteiger partial charge in [-0.3, -0.25) is 4.79 Å². The van der Waals surface area contributed by atoms with Gasteiger partial charge in [-0.1, -0.05) is 42.5 Å². The fourth-order valence-electron chi connectivity index (χ4n) is 2.38. The van der Waals surface area contributed by atoms with Crippen LogP contribution in [-0.4, -0.2) is 19.1 Å². The second-order valence-electron chi connectivity index (χ2n) is 5.37. The second-order valence-corrected chi connectivity index (χ2v) is 5.37. The lowest BCUT2D eigenvalue weighted by Crippen LogP contribution is -2.91. The van der Waals surface area contributed by atoms with E-state index in [1.165, 1.54) is 5.56 Å². The number of anilines is 1. The van der Waals surface area contributed by atoms with Gasteiger partial charge in [0.2, 0.25) is 0 Å². The van der Waals surface area contributed by atoms with Gasteiger partial charge >= 0.3 is 0 Å². The number of quaternary nitrogens is 1. The number of nitrogens with two attached hydrogens (primary N) is 1. The largest absolute Gasteiger partial charge is 0.495 e. The Morgan fingerprint density at radius 3 is 2.36 bits per heavy atom. The summed E-state index contributed by atoms with van der Waals surface area (Å²) in [7, 11) is 1.60. The summed E-state index contributed by atoms with van der Waals surface area (Å²) in [5, 5.41) is 4.98. The highest BCUT2D eigenvalue weighted by molar-refractivity contribution is 5.94. The van der Waals surface area contributed by atoms with Crippen molar-refractivity contribution in [3.05, 3.63) is 60.2 Å². The van der Waals surface area contributed by atoms with Crippen molar-refractivity contribution in [1.82, 2.24) is 0 Å². The Hall–Kier alpha value is -2.33. The average Bonchev–Trinajstić information content (AvgIpc) is 2.56. The molecule has 2 aromatic rings. The molecule has 0 saturated carbocycles. The third-order valence-electron chi connectivity index (χ3n) is 3.68. The van der Waals surface area contributed by atoms with Crippen molar-refractivity contribution in [3.8, 4) is 5.75 Å². The van der Waals surface area contributed by atoms with Gasteiger partial charge in [-0.15, -0.1) is 0 Å². The van der Waals surface area contributed by atoms with Crippen molar-refractivity contribution < 1.29 is 14.8 Å². The molecule has 116 valence electrons. The fourth-order valence-corrected chi connectivity index (χ4v) is 2.38. The van der Waals surface area contributed by atoms with Crippen LogP contribution >= 0.6 is 0 Å². The highest BCUT2D eigenvalue weighted by atomic mass is 16.5. The number of methoxy groups -OCH3 is 1. The molecule has 0 aliphatic rings.